The minimum atomic E-state index is -2.89. The quantitative estimate of drug-likeness (QED) is 0.928. The highest BCUT2D eigenvalue weighted by atomic mass is 32.2. The highest BCUT2D eigenvalue weighted by Crippen LogP contribution is 2.41. The fourth-order valence-corrected chi connectivity index (χ4v) is 4.66. The zero-order valence-electron chi connectivity index (χ0n) is 11.4. The second-order valence-corrected chi connectivity index (χ2v) is 8.22. The van der Waals surface area contributed by atoms with Crippen molar-refractivity contribution < 1.29 is 12.8 Å². The van der Waals surface area contributed by atoms with Gasteiger partial charge in [-0.05, 0) is 49.3 Å². The van der Waals surface area contributed by atoms with Crippen LogP contribution in [-0.4, -0.2) is 26.0 Å². The zero-order valence-corrected chi connectivity index (χ0v) is 12.2. The number of hydrogen-bond donors (Lipinski definition) is 1. The van der Waals surface area contributed by atoms with Gasteiger partial charge in [0.25, 0.3) is 0 Å². The van der Waals surface area contributed by atoms with E-state index in [-0.39, 0.29) is 23.7 Å². The molecule has 1 aromatic rings. The van der Waals surface area contributed by atoms with Gasteiger partial charge in [-0.25, -0.2) is 12.8 Å². The Kier molecular flexibility index (Phi) is 3.82. The molecule has 2 unspecified atom stereocenters. The van der Waals surface area contributed by atoms with Gasteiger partial charge in [-0.1, -0.05) is 12.1 Å². The van der Waals surface area contributed by atoms with Crippen LogP contribution in [0.4, 0.5) is 4.39 Å². The van der Waals surface area contributed by atoms with Gasteiger partial charge in [0.1, 0.15) is 5.82 Å². The second-order valence-electron chi connectivity index (χ2n) is 5.99. The molecule has 110 valence electrons. The molecule has 1 heterocycles. The van der Waals surface area contributed by atoms with E-state index in [1.54, 1.807) is 0 Å². The van der Waals surface area contributed by atoms with Crippen molar-refractivity contribution in [3.05, 3.63) is 35.6 Å². The maximum atomic E-state index is 13.0. The van der Waals surface area contributed by atoms with Crippen LogP contribution in [0.25, 0.3) is 0 Å². The van der Waals surface area contributed by atoms with Crippen molar-refractivity contribution in [2.45, 2.75) is 37.8 Å². The third kappa shape index (κ3) is 3.38. The van der Waals surface area contributed by atoms with Crippen molar-refractivity contribution in [3.63, 3.8) is 0 Å². The van der Waals surface area contributed by atoms with Crippen LogP contribution >= 0.6 is 0 Å². The molecule has 1 aliphatic heterocycles. The van der Waals surface area contributed by atoms with Gasteiger partial charge in [-0.3, -0.25) is 0 Å². The summed E-state index contributed by atoms with van der Waals surface area (Å²) in [6.07, 6.45) is 3.97. The largest absolute Gasteiger partial charge is 0.306 e. The number of sulfone groups is 1. The van der Waals surface area contributed by atoms with Crippen molar-refractivity contribution in [2.75, 3.05) is 11.5 Å². The average Bonchev–Trinajstić information content (AvgIpc) is 3.20. The number of hydrogen-bond acceptors (Lipinski definition) is 3. The van der Waals surface area contributed by atoms with Crippen molar-refractivity contribution in [3.8, 4) is 0 Å². The lowest BCUT2D eigenvalue weighted by Gasteiger charge is -2.29. The summed E-state index contributed by atoms with van der Waals surface area (Å²) in [6.45, 7) is 0. The molecule has 0 bridgehead atoms. The first-order valence-corrected chi connectivity index (χ1v) is 9.07. The molecule has 1 saturated heterocycles. The number of nitrogens with one attached hydrogen (secondary N) is 1. The first-order chi connectivity index (χ1) is 9.53. The predicted octanol–water partition coefficient (Wildman–Crippen LogP) is 2.44. The van der Waals surface area contributed by atoms with Crippen LogP contribution in [0.3, 0.4) is 0 Å². The monoisotopic (exact) mass is 297 g/mol. The first-order valence-electron chi connectivity index (χ1n) is 7.25. The van der Waals surface area contributed by atoms with E-state index >= 15 is 0 Å². The first kappa shape index (κ1) is 14.0. The summed E-state index contributed by atoms with van der Waals surface area (Å²) in [5.41, 5.74) is 1.07. The molecule has 0 aromatic heterocycles. The molecule has 1 aromatic carbocycles. The molecule has 0 radical (unpaired) electrons. The van der Waals surface area contributed by atoms with E-state index in [1.165, 1.54) is 12.1 Å². The molecule has 20 heavy (non-hydrogen) atoms. The minimum absolute atomic E-state index is 0.0319. The fourth-order valence-electron chi connectivity index (χ4n) is 3.01. The van der Waals surface area contributed by atoms with Gasteiger partial charge in [0.2, 0.25) is 0 Å². The molecule has 2 atom stereocenters. The van der Waals surface area contributed by atoms with Crippen molar-refractivity contribution in [2.24, 2.45) is 5.92 Å². The van der Waals surface area contributed by atoms with E-state index in [9.17, 15) is 12.8 Å². The lowest BCUT2D eigenvalue weighted by Crippen LogP contribution is -2.42. The summed E-state index contributed by atoms with van der Waals surface area (Å²) >= 11 is 0. The van der Waals surface area contributed by atoms with Crippen LogP contribution in [0, 0.1) is 11.7 Å². The second kappa shape index (κ2) is 5.45. The van der Waals surface area contributed by atoms with Crippen LogP contribution in [0.1, 0.15) is 37.3 Å². The Morgan fingerprint density at radius 3 is 2.45 bits per heavy atom. The summed E-state index contributed by atoms with van der Waals surface area (Å²) in [5.74, 6) is 0.876. The van der Waals surface area contributed by atoms with E-state index in [1.807, 2.05) is 12.1 Å². The molecule has 5 heteroatoms. The minimum Gasteiger partial charge on any atom is -0.306 e. The Morgan fingerprint density at radius 2 is 1.85 bits per heavy atom. The third-order valence-corrected chi connectivity index (χ3v) is 6.02. The Morgan fingerprint density at radius 1 is 1.15 bits per heavy atom. The topological polar surface area (TPSA) is 46.2 Å². The Balaban J connectivity index is 1.73. The van der Waals surface area contributed by atoms with Gasteiger partial charge in [0.15, 0.2) is 9.84 Å². The smallest absolute Gasteiger partial charge is 0.151 e. The molecule has 0 spiro atoms. The number of rotatable bonds is 4. The van der Waals surface area contributed by atoms with Crippen LogP contribution in [-0.2, 0) is 9.84 Å². The SMILES string of the molecule is O=S1(=O)CCCC(NC(c2ccc(F)cc2)C2CC2)C1. The Hall–Kier alpha value is -0.940. The number of halogens is 1. The van der Waals surface area contributed by atoms with Gasteiger partial charge in [0, 0.05) is 12.1 Å². The predicted molar refractivity (Wildman–Crippen MR) is 76.7 cm³/mol. The number of benzene rings is 1. The highest BCUT2D eigenvalue weighted by molar-refractivity contribution is 7.91. The average molecular weight is 297 g/mol. The van der Waals surface area contributed by atoms with Gasteiger partial charge >= 0.3 is 0 Å². The molecule has 3 rings (SSSR count). The molecular weight excluding hydrogens is 277 g/mol. The van der Waals surface area contributed by atoms with Gasteiger partial charge in [-0.15, -0.1) is 0 Å². The molecule has 1 saturated carbocycles. The summed E-state index contributed by atoms with van der Waals surface area (Å²) in [6, 6.07) is 6.76. The summed E-state index contributed by atoms with van der Waals surface area (Å²) in [5, 5.41) is 3.51. The summed E-state index contributed by atoms with van der Waals surface area (Å²) in [7, 11) is -2.89. The third-order valence-electron chi connectivity index (χ3n) is 4.20. The van der Waals surface area contributed by atoms with E-state index in [0.717, 1.165) is 31.2 Å². The van der Waals surface area contributed by atoms with E-state index in [4.69, 9.17) is 0 Å². The van der Waals surface area contributed by atoms with Crippen LogP contribution in [0.5, 0.6) is 0 Å². The highest BCUT2D eigenvalue weighted by Gasteiger charge is 2.35. The maximum absolute atomic E-state index is 13.0. The van der Waals surface area contributed by atoms with Crippen LogP contribution in [0.15, 0.2) is 24.3 Å². The molecule has 2 fully saturated rings. The molecule has 1 N–H and O–H groups in total. The lowest BCUT2D eigenvalue weighted by molar-refractivity contribution is 0.393. The van der Waals surface area contributed by atoms with Crippen LogP contribution in [0.2, 0.25) is 0 Å². The van der Waals surface area contributed by atoms with E-state index in [2.05, 4.69) is 5.32 Å². The maximum Gasteiger partial charge on any atom is 0.151 e. The fraction of sp³-hybridized carbons (Fsp3) is 0.600. The standard InChI is InChI=1S/C15H20FNO2S/c16-13-7-5-12(6-8-13)15(11-3-4-11)17-14-2-1-9-20(18,19)10-14/h5-8,11,14-15,17H,1-4,9-10H2. The zero-order chi connectivity index (χ0) is 14.2. The summed E-state index contributed by atoms with van der Waals surface area (Å²) < 4.78 is 36.5. The molecule has 2 aliphatic rings. The Bertz CT molecular complexity index is 566. The normalized spacial score (nSPS) is 27.1. The van der Waals surface area contributed by atoms with Crippen molar-refractivity contribution in [1.82, 2.24) is 5.32 Å². The van der Waals surface area contributed by atoms with Crippen molar-refractivity contribution >= 4 is 9.84 Å². The molecular formula is C15H20FNO2S. The Labute approximate surface area is 119 Å². The van der Waals surface area contributed by atoms with Gasteiger partial charge < -0.3 is 5.32 Å². The van der Waals surface area contributed by atoms with Crippen molar-refractivity contribution in [1.29, 1.82) is 0 Å². The lowest BCUT2D eigenvalue weighted by atomic mass is 10.0. The van der Waals surface area contributed by atoms with E-state index < -0.39 is 9.84 Å². The molecule has 0 amide bonds. The van der Waals surface area contributed by atoms with Gasteiger partial charge in [-0.2, -0.15) is 0 Å². The van der Waals surface area contributed by atoms with E-state index in [0.29, 0.717) is 11.7 Å². The van der Waals surface area contributed by atoms with Crippen LogP contribution < -0.4 is 5.32 Å². The van der Waals surface area contributed by atoms with Gasteiger partial charge in [0.05, 0.1) is 11.5 Å². The molecule has 1 aliphatic carbocycles. The molecule has 3 nitrogen and oxygen atoms in total. The summed E-state index contributed by atoms with van der Waals surface area (Å²) in [4.78, 5) is 0.